The summed E-state index contributed by atoms with van der Waals surface area (Å²) in [5.41, 5.74) is 2.44. The highest BCUT2D eigenvalue weighted by atomic mass is 16.6. The number of nitrogens with zero attached hydrogens (tertiary/aromatic N) is 4. The van der Waals surface area contributed by atoms with E-state index in [0.29, 0.717) is 24.5 Å². The Morgan fingerprint density at radius 1 is 1.58 bits per heavy atom. The molecular formula is C11H16N6O2. The number of H-pyrrole nitrogens is 1. The number of nitro groups is 1. The normalized spacial score (nSPS) is 10.7. The van der Waals surface area contributed by atoms with E-state index in [4.69, 9.17) is 0 Å². The van der Waals surface area contributed by atoms with Gasteiger partial charge in [-0.15, -0.1) is 0 Å². The SMILES string of the molecule is CCc1nn(C)c(NCc2cn[nH]c2C)c1[N+](=O)[O-]. The van der Waals surface area contributed by atoms with E-state index in [1.807, 2.05) is 13.8 Å². The van der Waals surface area contributed by atoms with Crippen LogP contribution in [0.15, 0.2) is 6.20 Å². The van der Waals surface area contributed by atoms with Crippen LogP contribution in [0, 0.1) is 17.0 Å². The van der Waals surface area contributed by atoms with Gasteiger partial charge in [0.05, 0.1) is 11.1 Å². The molecule has 0 fully saturated rings. The van der Waals surface area contributed by atoms with Crippen LogP contribution in [0.1, 0.15) is 23.9 Å². The molecular weight excluding hydrogens is 248 g/mol. The Morgan fingerprint density at radius 2 is 2.32 bits per heavy atom. The predicted octanol–water partition coefficient (Wildman–Crippen LogP) is 1.53. The van der Waals surface area contributed by atoms with Crippen LogP contribution in [0.25, 0.3) is 0 Å². The van der Waals surface area contributed by atoms with Gasteiger partial charge in [-0.05, 0) is 13.3 Å². The quantitative estimate of drug-likeness (QED) is 0.630. The Kier molecular flexibility index (Phi) is 3.50. The summed E-state index contributed by atoms with van der Waals surface area (Å²) in [5.74, 6) is 0.419. The third-order valence-corrected chi connectivity index (χ3v) is 2.99. The van der Waals surface area contributed by atoms with Crippen molar-refractivity contribution >= 4 is 11.5 Å². The number of hydrogen-bond donors (Lipinski definition) is 2. The van der Waals surface area contributed by atoms with E-state index in [1.54, 1.807) is 13.2 Å². The van der Waals surface area contributed by atoms with Crippen LogP contribution < -0.4 is 5.32 Å². The first-order chi connectivity index (χ1) is 9.04. The maximum absolute atomic E-state index is 11.1. The maximum Gasteiger partial charge on any atom is 0.333 e. The third kappa shape index (κ3) is 2.42. The minimum atomic E-state index is -0.392. The molecule has 2 aromatic heterocycles. The average molecular weight is 264 g/mol. The molecule has 8 heteroatoms. The van der Waals surface area contributed by atoms with Crippen molar-refractivity contribution in [2.45, 2.75) is 26.8 Å². The number of aromatic nitrogens is 4. The molecule has 0 unspecified atom stereocenters. The van der Waals surface area contributed by atoms with E-state index >= 15 is 0 Å². The topological polar surface area (TPSA) is 102 Å². The van der Waals surface area contributed by atoms with Crippen molar-refractivity contribution < 1.29 is 4.92 Å². The second-order valence-electron chi connectivity index (χ2n) is 4.25. The molecule has 0 radical (unpaired) electrons. The van der Waals surface area contributed by atoms with Crippen molar-refractivity contribution in [3.63, 3.8) is 0 Å². The van der Waals surface area contributed by atoms with E-state index in [9.17, 15) is 10.1 Å². The molecule has 19 heavy (non-hydrogen) atoms. The van der Waals surface area contributed by atoms with Crippen LogP contribution in [0.2, 0.25) is 0 Å². The first kappa shape index (κ1) is 13.1. The summed E-state index contributed by atoms with van der Waals surface area (Å²) in [4.78, 5) is 10.7. The zero-order valence-corrected chi connectivity index (χ0v) is 11.1. The van der Waals surface area contributed by atoms with Gasteiger partial charge < -0.3 is 5.32 Å². The summed E-state index contributed by atoms with van der Waals surface area (Å²) < 4.78 is 1.51. The third-order valence-electron chi connectivity index (χ3n) is 2.99. The number of aromatic amines is 1. The van der Waals surface area contributed by atoms with Crippen LogP contribution in [0.5, 0.6) is 0 Å². The van der Waals surface area contributed by atoms with Gasteiger partial charge in [-0.25, -0.2) is 4.68 Å². The highest BCUT2D eigenvalue weighted by molar-refractivity contribution is 5.60. The summed E-state index contributed by atoms with van der Waals surface area (Å²) in [5, 5.41) is 25.1. The van der Waals surface area contributed by atoms with Gasteiger partial charge in [0.15, 0.2) is 0 Å². The smallest absolute Gasteiger partial charge is 0.333 e. The number of aryl methyl sites for hydroxylation is 3. The zero-order chi connectivity index (χ0) is 14.0. The van der Waals surface area contributed by atoms with Crippen LogP contribution in [-0.2, 0) is 20.0 Å². The first-order valence-corrected chi connectivity index (χ1v) is 5.97. The van der Waals surface area contributed by atoms with E-state index in [0.717, 1.165) is 11.3 Å². The van der Waals surface area contributed by atoms with Gasteiger partial charge in [-0.3, -0.25) is 15.2 Å². The lowest BCUT2D eigenvalue weighted by Crippen LogP contribution is -2.06. The number of nitrogens with one attached hydrogen (secondary N) is 2. The van der Waals surface area contributed by atoms with Crippen molar-refractivity contribution in [2.75, 3.05) is 5.32 Å². The molecule has 2 aromatic rings. The largest absolute Gasteiger partial charge is 0.360 e. The van der Waals surface area contributed by atoms with Crippen molar-refractivity contribution in [3.8, 4) is 0 Å². The van der Waals surface area contributed by atoms with Crippen LogP contribution in [0.3, 0.4) is 0 Å². The molecule has 2 rings (SSSR count). The van der Waals surface area contributed by atoms with Gasteiger partial charge in [0.25, 0.3) is 0 Å². The Labute approximate surface area is 110 Å². The number of anilines is 1. The summed E-state index contributed by atoms with van der Waals surface area (Å²) in [6, 6.07) is 0. The fraction of sp³-hybridized carbons (Fsp3) is 0.455. The highest BCUT2D eigenvalue weighted by Crippen LogP contribution is 2.28. The Balaban J connectivity index is 2.27. The van der Waals surface area contributed by atoms with Crippen molar-refractivity contribution in [3.05, 3.63) is 33.3 Å². The van der Waals surface area contributed by atoms with Crippen LogP contribution in [0.4, 0.5) is 11.5 Å². The summed E-state index contributed by atoms with van der Waals surface area (Å²) in [6.07, 6.45) is 2.22. The molecule has 0 atom stereocenters. The fourth-order valence-corrected chi connectivity index (χ4v) is 1.93. The molecule has 8 nitrogen and oxygen atoms in total. The van der Waals surface area contributed by atoms with Gasteiger partial charge in [-0.1, -0.05) is 6.92 Å². The minimum absolute atomic E-state index is 0.0474. The molecule has 0 spiro atoms. The van der Waals surface area contributed by atoms with Crippen molar-refractivity contribution in [1.29, 1.82) is 0 Å². The van der Waals surface area contributed by atoms with E-state index in [-0.39, 0.29) is 5.69 Å². The Morgan fingerprint density at radius 3 is 2.84 bits per heavy atom. The van der Waals surface area contributed by atoms with Crippen molar-refractivity contribution in [1.82, 2.24) is 20.0 Å². The highest BCUT2D eigenvalue weighted by Gasteiger charge is 2.25. The second-order valence-corrected chi connectivity index (χ2v) is 4.25. The summed E-state index contributed by atoms with van der Waals surface area (Å²) in [7, 11) is 1.69. The Bertz CT molecular complexity index is 600. The second kappa shape index (κ2) is 5.09. The minimum Gasteiger partial charge on any atom is -0.360 e. The summed E-state index contributed by atoms with van der Waals surface area (Å²) >= 11 is 0. The van der Waals surface area contributed by atoms with Gasteiger partial charge in [0, 0.05) is 24.8 Å². The molecule has 0 aliphatic carbocycles. The van der Waals surface area contributed by atoms with E-state index in [1.165, 1.54) is 4.68 Å². The molecule has 0 aliphatic rings. The average Bonchev–Trinajstić information content (AvgIpc) is 2.90. The molecule has 2 heterocycles. The molecule has 0 saturated heterocycles. The molecule has 0 saturated carbocycles. The monoisotopic (exact) mass is 264 g/mol. The molecule has 0 bridgehead atoms. The van der Waals surface area contributed by atoms with Gasteiger partial charge in [-0.2, -0.15) is 10.2 Å². The van der Waals surface area contributed by atoms with E-state index in [2.05, 4.69) is 20.6 Å². The Hall–Kier alpha value is -2.38. The van der Waals surface area contributed by atoms with E-state index < -0.39 is 4.92 Å². The number of rotatable bonds is 5. The molecule has 2 N–H and O–H groups in total. The maximum atomic E-state index is 11.1. The predicted molar refractivity (Wildman–Crippen MR) is 69.9 cm³/mol. The van der Waals surface area contributed by atoms with Crippen LogP contribution in [-0.4, -0.2) is 24.9 Å². The molecule has 0 aliphatic heterocycles. The first-order valence-electron chi connectivity index (χ1n) is 5.97. The standard InChI is InChI=1S/C11H16N6O2/c1-4-9-10(17(18)19)11(16(3)15-9)12-5-8-6-13-14-7(8)2/h6,12H,4-5H2,1-3H3,(H,13,14). The van der Waals surface area contributed by atoms with Gasteiger partial charge >= 0.3 is 5.69 Å². The fourth-order valence-electron chi connectivity index (χ4n) is 1.93. The van der Waals surface area contributed by atoms with Crippen molar-refractivity contribution in [2.24, 2.45) is 7.05 Å². The molecule has 0 aromatic carbocycles. The lowest BCUT2D eigenvalue weighted by Gasteiger charge is -2.05. The van der Waals surface area contributed by atoms with Crippen LogP contribution >= 0.6 is 0 Å². The molecule has 102 valence electrons. The van der Waals surface area contributed by atoms with Gasteiger partial charge in [0.1, 0.15) is 5.69 Å². The summed E-state index contributed by atoms with van der Waals surface area (Å²) in [6.45, 7) is 4.21. The lowest BCUT2D eigenvalue weighted by molar-refractivity contribution is -0.384. The number of hydrogen-bond acceptors (Lipinski definition) is 5. The molecule has 0 amide bonds. The van der Waals surface area contributed by atoms with Gasteiger partial charge in [0.2, 0.25) is 5.82 Å². The zero-order valence-electron chi connectivity index (χ0n) is 11.1. The lowest BCUT2D eigenvalue weighted by atomic mass is 10.2.